The van der Waals surface area contributed by atoms with Crippen molar-refractivity contribution in [1.29, 1.82) is 0 Å². The zero-order chi connectivity index (χ0) is 16.6. The highest BCUT2D eigenvalue weighted by molar-refractivity contribution is 7.87. The van der Waals surface area contributed by atoms with Gasteiger partial charge in [0.15, 0.2) is 24.4 Å². The van der Waals surface area contributed by atoms with Gasteiger partial charge >= 0.3 is 7.60 Å². The van der Waals surface area contributed by atoms with Gasteiger partial charge in [0.1, 0.15) is 0 Å². The van der Waals surface area contributed by atoms with E-state index in [0.29, 0.717) is 0 Å². The second-order valence-corrected chi connectivity index (χ2v) is 9.59. The molecule has 2 unspecified atom stereocenters. The summed E-state index contributed by atoms with van der Waals surface area (Å²) < 4.78 is 60.2. The predicted molar refractivity (Wildman–Crippen MR) is 84.7 cm³/mol. The van der Waals surface area contributed by atoms with Gasteiger partial charge in [-0.25, -0.2) is 0 Å². The fourth-order valence-electron chi connectivity index (χ4n) is 1.17. The molecule has 1 aromatic rings. The molecule has 0 aliphatic carbocycles. The van der Waals surface area contributed by atoms with Crippen LogP contribution in [0.25, 0.3) is 0 Å². The zero-order valence-electron chi connectivity index (χ0n) is 12.1. The van der Waals surface area contributed by atoms with E-state index in [1.165, 1.54) is 26.4 Å². The molecule has 0 fully saturated rings. The van der Waals surface area contributed by atoms with Crippen molar-refractivity contribution in [3.8, 4) is 0 Å². The van der Waals surface area contributed by atoms with Gasteiger partial charge in [-0.1, -0.05) is 17.7 Å². The first-order valence-corrected chi connectivity index (χ1v) is 10.6. The Morgan fingerprint density at radius 1 is 1.05 bits per heavy atom. The Balaban J connectivity index is 2.77. The smallest absolute Gasteiger partial charge is 0.339 e. The van der Waals surface area contributed by atoms with Crippen molar-refractivity contribution >= 4 is 35.8 Å². The van der Waals surface area contributed by atoms with Gasteiger partial charge in [-0.2, -0.15) is 8.42 Å². The standard InChI is InChI=1S/C10H17O8P3S/c1-9-4-6-10(7-5-9)22(12,13)16-8-21(11,17-19-14-2)18-20-15-3/h4-7,19-20H,8H2,1-3H3. The summed E-state index contributed by atoms with van der Waals surface area (Å²) in [5.41, 5.74) is 0.902. The molecule has 2 atom stereocenters. The Morgan fingerprint density at radius 2 is 1.55 bits per heavy atom. The minimum atomic E-state index is -4.07. The van der Waals surface area contributed by atoms with E-state index in [0.717, 1.165) is 5.56 Å². The maximum Gasteiger partial charge on any atom is 0.367 e. The normalized spacial score (nSPS) is 15.8. The molecule has 0 aromatic heterocycles. The van der Waals surface area contributed by atoms with Crippen LogP contribution in [0.15, 0.2) is 29.2 Å². The lowest BCUT2D eigenvalue weighted by Crippen LogP contribution is -2.08. The van der Waals surface area contributed by atoms with Gasteiger partial charge in [-0.05, 0) is 19.1 Å². The Hall–Kier alpha value is 0.0600. The van der Waals surface area contributed by atoms with Crippen LogP contribution in [0, 0.1) is 6.92 Å². The molecule has 0 aliphatic rings. The average molecular weight is 390 g/mol. The lowest BCUT2D eigenvalue weighted by Gasteiger charge is -2.16. The van der Waals surface area contributed by atoms with Gasteiger partial charge in [0.05, 0.1) is 4.90 Å². The second-order valence-electron chi connectivity index (χ2n) is 3.88. The Morgan fingerprint density at radius 3 is 2.00 bits per heavy atom. The van der Waals surface area contributed by atoms with E-state index in [9.17, 15) is 13.0 Å². The van der Waals surface area contributed by atoms with Crippen molar-refractivity contribution in [3.63, 3.8) is 0 Å². The van der Waals surface area contributed by atoms with Crippen LogP contribution in [0.3, 0.4) is 0 Å². The van der Waals surface area contributed by atoms with E-state index < -0.39 is 42.1 Å². The summed E-state index contributed by atoms with van der Waals surface area (Å²) in [6.45, 7) is 1.82. The quantitative estimate of drug-likeness (QED) is 0.444. The maximum absolute atomic E-state index is 12.3. The maximum atomic E-state index is 12.3. The summed E-state index contributed by atoms with van der Waals surface area (Å²) in [6.07, 6.45) is -0.768. The molecule has 0 amide bonds. The monoisotopic (exact) mass is 390 g/mol. The highest BCUT2D eigenvalue weighted by Crippen LogP contribution is 2.57. The fourth-order valence-corrected chi connectivity index (χ4v) is 5.25. The highest BCUT2D eigenvalue weighted by atomic mass is 32.2. The summed E-state index contributed by atoms with van der Waals surface area (Å²) in [5, 5.41) is 0. The molecule has 0 radical (unpaired) electrons. The van der Waals surface area contributed by atoms with Crippen LogP contribution >= 0.6 is 25.7 Å². The molecular formula is C10H17O8P3S. The number of rotatable bonds is 10. The second kappa shape index (κ2) is 9.38. The SMILES string of the molecule is COPOP(=O)(COS(=O)(=O)c1ccc(C)cc1)OPOC. The minimum Gasteiger partial charge on any atom is -0.339 e. The lowest BCUT2D eigenvalue weighted by molar-refractivity contribution is 0.303. The summed E-state index contributed by atoms with van der Waals surface area (Å²) in [7, 11) is -6.35. The van der Waals surface area contributed by atoms with Crippen LogP contribution in [0.5, 0.6) is 0 Å². The summed E-state index contributed by atoms with van der Waals surface area (Å²) in [4.78, 5) is -0.0481. The van der Waals surface area contributed by atoms with Gasteiger partial charge in [0.25, 0.3) is 10.1 Å². The molecule has 8 nitrogen and oxygen atoms in total. The van der Waals surface area contributed by atoms with E-state index in [1.807, 2.05) is 6.92 Å². The molecule has 0 saturated carbocycles. The largest absolute Gasteiger partial charge is 0.367 e. The molecule has 0 spiro atoms. The number of aryl methyl sites for hydroxylation is 1. The van der Waals surface area contributed by atoms with E-state index in [1.54, 1.807) is 12.1 Å². The van der Waals surface area contributed by atoms with Crippen LogP contribution in [0.4, 0.5) is 0 Å². The summed E-state index contributed by atoms with van der Waals surface area (Å²) in [6, 6.07) is 6.04. The molecule has 0 heterocycles. The molecule has 0 aliphatic heterocycles. The Kier molecular flexibility index (Phi) is 8.57. The van der Waals surface area contributed by atoms with Crippen molar-refractivity contribution < 1.29 is 34.8 Å². The van der Waals surface area contributed by atoms with Crippen LogP contribution < -0.4 is 0 Å². The highest BCUT2D eigenvalue weighted by Gasteiger charge is 2.30. The Bertz CT molecular complexity index is 591. The molecule has 0 N–H and O–H groups in total. The van der Waals surface area contributed by atoms with E-state index in [-0.39, 0.29) is 4.90 Å². The van der Waals surface area contributed by atoms with Crippen LogP contribution in [0.1, 0.15) is 5.56 Å². The zero-order valence-corrected chi connectivity index (χ0v) is 15.8. The predicted octanol–water partition coefficient (Wildman–Crippen LogP) is 3.19. The van der Waals surface area contributed by atoms with E-state index in [4.69, 9.17) is 12.8 Å². The first-order chi connectivity index (χ1) is 10.3. The van der Waals surface area contributed by atoms with Crippen LogP contribution in [0.2, 0.25) is 0 Å². The van der Waals surface area contributed by atoms with Crippen molar-refractivity contribution in [1.82, 2.24) is 0 Å². The van der Waals surface area contributed by atoms with Crippen molar-refractivity contribution in [2.75, 3.05) is 20.6 Å². The topological polar surface area (TPSA) is 97.4 Å². The third kappa shape index (κ3) is 6.67. The van der Waals surface area contributed by atoms with E-state index >= 15 is 0 Å². The van der Waals surface area contributed by atoms with Gasteiger partial charge in [-0.3, -0.25) is 17.4 Å². The molecule has 12 heteroatoms. The summed E-state index contributed by atoms with van der Waals surface area (Å²) >= 11 is 0. The van der Waals surface area contributed by atoms with Crippen molar-refractivity contribution in [3.05, 3.63) is 29.8 Å². The first-order valence-electron chi connectivity index (χ1n) is 5.81. The van der Waals surface area contributed by atoms with Crippen molar-refractivity contribution in [2.24, 2.45) is 0 Å². The molecular weight excluding hydrogens is 373 g/mol. The first kappa shape index (κ1) is 20.1. The molecule has 1 rings (SSSR count). The average Bonchev–Trinajstić information content (AvgIpc) is 2.50. The number of hydrogen-bond donors (Lipinski definition) is 0. The van der Waals surface area contributed by atoms with Gasteiger partial charge in [0.2, 0.25) is 0 Å². The van der Waals surface area contributed by atoms with Gasteiger partial charge in [0, 0.05) is 14.2 Å². The van der Waals surface area contributed by atoms with Gasteiger partial charge in [-0.15, -0.1) is 0 Å². The number of hydrogen-bond acceptors (Lipinski definition) is 8. The Labute approximate surface area is 133 Å². The molecule has 22 heavy (non-hydrogen) atoms. The van der Waals surface area contributed by atoms with Crippen LogP contribution in [-0.2, 0) is 36.5 Å². The van der Waals surface area contributed by atoms with Crippen LogP contribution in [-0.4, -0.2) is 29.0 Å². The molecule has 0 saturated heterocycles. The van der Waals surface area contributed by atoms with Gasteiger partial charge < -0.3 is 9.05 Å². The molecule has 1 aromatic carbocycles. The third-order valence-corrected chi connectivity index (χ3v) is 7.25. The lowest BCUT2D eigenvalue weighted by atomic mass is 10.2. The van der Waals surface area contributed by atoms with Crippen molar-refractivity contribution in [2.45, 2.75) is 11.8 Å². The van der Waals surface area contributed by atoms with E-state index in [2.05, 4.69) is 9.05 Å². The molecule has 126 valence electrons. The third-order valence-electron chi connectivity index (χ3n) is 2.20. The number of benzene rings is 1. The summed E-state index contributed by atoms with van der Waals surface area (Å²) in [5.74, 6) is 0. The molecule has 0 bridgehead atoms. The fraction of sp³-hybridized carbons (Fsp3) is 0.400. The minimum absolute atomic E-state index is 0.0481.